The number of amides is 1. The highest BCUT2D eigenvalue weighted by atomic mass is 35.5. The van der Waals surface area contributed by atoms with E-state index in [1.165, 1.54) is 24.3 Å². The first-order valence-electron chi connectivity index (χ1n) is 12.5. The van der Waals surface area contributed by atoms with Gasteiger partial charge < -0.3 is 5.32 Å². The minimum atomic E-state index is -4.78. The van der Waals surface area contributed by atoms with Crippen molar-refractivity contribution in [2.75, 3.05) is 20.9 Å². The minimum Gasteiger partial charge on any atom is -0.325 e. The Hall–Kier alpha value is -4.07. The number of sulfonamides is 2. The fourth-order valence-corrected chi connectivity index (χ4v) is 6.69. The lowest BCUT2D eigenvalue weighted by molar-refractivity contribution is -0.137. The third kappa shape index (κ3) is 7.66. The molecule has 14 heteroatoms. The van der Waals surface area contributed by atoms with Crippen LogP contribution in [0.1, 0.15) is 16.7 Å². The van der Waals surface area contributed by atoms with Crippen LogP contribution < -0.4 is 14.3 Å². The number of nitrogens with zero attached hydrogens (tertiary/aromatic N) is 1. The summed E-state index contributed by atoms with van der Waals surface area (Å²) in [5, 5.41) is 1.97. The lowest BCUT2D eigenvalue weighted by atomic mass is 10.2. The van der Waals surface area contributed by atoms with E-state index in [0.29, 0.717) is 6.07 Å². The van der Waals surface area contributed by atoms with Crippen molar-refractivity contribution in [3.8, 4) is 0 Å². The van der Waals surface area contributed by atoms with Crippen molar-refractivity contribution in [3.63, 3.8) is 0 Å². The van der Waals surface area contributed by atoms with Gasteiger partial charge in [-0.2, -0.15) is 13.2 Å². The van der Waals surface area contributed by atoms with Gasteiger partial charge in [0.25, 0.3) is 20.0 Å². The van der Waals surface area contributed by atoms with E-state index in [1.807, 2.05) is 6.92 Å². The predicted molar refractivity (Wildman–Crippen MR) is 159 cm³/mol. The molecule has 0 saturated carbocycles. The van der Waals surface area contributed by atoms with Crippen LogP contribution in [-0.4, -0.2) is 29.3 Å². The van der Waals surface area contributed by atoms with E-state index < -0.39 is 49.3 Å². The zero-order chi connectivity index (χ0) is 31.6. The van der Waals surface area contributed by atoms with Gasteiger partial charge in [-0.3, -0.25) is 13.8 Å². The van der Waals surface area contributed by atoms with Crippen molar-refractivity contribution in [2.45, 2.75) is 29.8 Å². The predicted octanol–water partition coefficient (Wildman–Crippen LogP) is 6.61. The molecule has 43 heavy (non-hydrogen) atoms. The molecule has 4 aromatic rings. The van der Waals surface area contributed by atoms with Crippen LogP contribution in [0, 0.1) is 13.8 Å². The second kappa shape index (κ2) is 12.3. The number of carbonyl (C=O) groups excluding carboxylic acids is 1. The number of anilines is 3. The lowest BCUT2D eigenvalue weighted by Crippen LogP contribution is -2.38. The maximum Gasteiger partial charge on any atom is 0.417 e. The number of alkyl halides is 3. The normalized spacial score (nSPS) is 12.0. The minimum absolute atomic E-state index is 0.00231. The second-order valence-electron chi connectivity index (χ2n) is 9.53. The highest BCUT2D eigenvalue weighted by Gasteiger charge is 2.34. The molecule has 0 aliphatic rings. The van der Waals surface area contributed by atoms with E-state index in [4.69, 9.17) is 11.6 Å². The fourth-order valence-electron chi connectivity index (χ4n) is 4.00. The average Bonchev–Trinajstić information content (AvgIpc) is 2.92. The molecule has 0 fully saturated rings. The molecule has 0 unspecified atom stereocenters. The lowest BCUT2D eigenvalue weighted by Gasteiger charge is -2.24. The largest absolute Gasteiger partial charge is 0.417 e. The highest BCUT2D eigenvalue weighted by Crippen LogP contribution is 2.36. The first kappa shape index (κ1) is 31.9. The standard InChI is InChI=1S/C29H25ClF3N3O5S2/c1-19-6-11-25(12-7-19)43(40,41)36(23-5-3-4-20(2)16-23)18-28(37)34-21-8-13-24(14-9-21)42(38,39)35-22-10-15-27(30)26(17-22)29(31,32)33/h3-17,35H,18H2,1-2H3,(H,34,37). The molecular formula is C29H25ClF3N3O5S2. The molecule has 0 saturated heterocycles. The molecule has 0 atom stereocenters. The molecule has 0 bridgehead atoms. The molecule has 4 aromatic carbocycles. The average molecular weight is 652 g/mol. The van der Waals surface area contributed by atoms with Gasteiger partial charge in [0, 0.05) is 11.4 Å². The van der Waals surface area contributed by atoms with Crippen LogP contribution in [0.5, 0.6) is 0 Å². The van der Waals surface area contributed by atoms with Crippen molar-refractivity contribution in [2.24, 2.45) is 0 Å². The summed E-state index contributed by atoms with van der Waals surface area (Å²) >= 11 is 5.59. The summed E-state index contributed by atoms with van der Waals surface area (Å²) in [6, 6.07) is 20.3. The Morgan fingerprint density at radius 3 is 2.00 bits per heavy atom. The number of carbonyl (C=O) groups is 1. The third-order valence-corrected chi connectivity index (χ3v) is 9.67. The van der Waals surface area contributed by atoms with E-state index in [2.05, 4.69) is 10.0 Å². The molecule has 4 rings (SSSR count). The topological polar surface area (TPSA) is 113 Å². The number of benzene rings is 4. The highest BCUT2D eigenvalue weighted by molar-refractivity contribution is 7.93. The molecule has 0 heterocycles. The molecule has 1 amide bonds. The Kier molecular flexibility index (Phi) is 9.09. The van der Waals surface area contributed by atoms with E-state index in [9.17, 15) is 34.8 Å². The van der Waals surface area contributed by atoms with Crippen molar-refractivity contribution in [1.82, 2.24) is 0 Å². The van der Waals surface area contributed by atoms with Gasteiger partial charge in [-0.1, -0.05) is 41.4 Å². The van der Waals surface area contributed by atoms with Crippen molar-refractivity contribution in [3.05, 3.63) is 113 Å². The van der Waals surface area contributed by atoms with E-state index in [1.54, 1.807) is 43.3 Å². The smallest absolute Gasteiger partial charge is 0.325 e. The van der Waals surface area contributed by atoms with Gasteiger partial charge in [0.05, 0.1) is 26.1 Å². The SMILES string of the molecule is Cc1ccc(S(=O)(=O)N(CC(=O)Nc2ccc(S(=O)(=O)Nc3ccc(Cl)c(C(F)(F)F)c3)cc2)c2cccc(C)c2)cc1. The van der Waals surface area contributed by atoms with Gasteiger partial charge >= 0.3 is 6.18 Å². The quantitative estimate of drug-likeness (QED) is 0.212. The number of rotatable bonds is 9. The van der Waals surface area contributed by atoms with Gasteiger partial charge in [0.2, 0.25) is 5.91 Å². The number of halogens is 4. The van der Waals surface area contributed by atoms with Crippen LogP contribution in [0.4, 0.5) is 30.2 Å². The van der Waals surface area contributed by atoms with Gasteiger partial charge in [-0.25, -0.2) is 16.8 Å². The summed E-state index contributed by atoms with van der Waals surface area (Å²) in [5.74, 6) is -0.702. The molecule has 0 aromatic heterocycles. The maximum atomic E-state index is 13.5. The molecule has 0 aliphatic carbocycles. The van der Waals surface area contributed by atoms with E-state index in [0.717, 1.165) is 39.7 Å². The number of hydrogen-bond acceptors (Lipinski definition) is 5. The Morgan fingerprint density at radius 1 is 0.791 bits per heavy atom. The van der Waals surface area contributed by atoms with Crippen LogP contribution >= 0.6 is 11.6 Å². The van der Waals surface area contributed by atoms with Crippen LogP contribution in [0.25, 0.3) is 0 Å². The summed E-state index contributed by atoms with van der Waals surface area (Å²) in [6.45, 7) is 3.02. The third-order valence-electron chi connectivity index (χ3n) is 6.16. The second-order valence-corrected chi connectivity index (χ2v) is 13.5. The Bertz CT molecular complexity index is 1870. The fraction of sp³-hybridized carbons (Fsp3) is 0.138. The number of hydrogen-bond donors (Lipinski definition) is 2. The summed E-state index contributed by atoms with van der Waals surface area (Å²) in [4.78, 5) is 12.7. The van der Waals surface area contributed by atoms with Gasteiger partial charge in [0.1, 0.15) is 6.54 Å². The van der Waals surface area contributed by atoms with E-state index >= 15 is 0 Å². The summed E-state index contributed by atoms with van der Waals surface area (Å²) < 4.78 is 95.2. The van der Waals surface area contributed by atoms with Crippen LogP contribution in [-0.2, 0) is 31.0 Å². The Labute approximate surface area is 252 Å². The monoisotopic (exact) mass is 651 g/mol. The molecule has 226 valence electrons. The Morgan fingerprint density at radius 2 is 1.40 bits per heavy atom. The van der Waals surface area contributed by atoms with Gasteiger partial charge in [0.15, 0.2) is 0 Å². The van der Waals surface area contributed by atoms with E-state index in [-0.39, 0.29) is 26.9 Å². The molecule has 0 aliphatic heterocycles. The first-order valence-corrected chi connectivity index (χ1v) is 15.8. The summed E-state index contributed by atoms with van der Waals surface area (Å²) in [5.41, 5.74) is 0.529. The van der Waals surface area contributed by atoms with Crippen LogP contribution in [0.15, 0.2) is 101 Å². The molecule has 0 spiro atoms. The summed E-state index contributed by atoms with van der Waals surface area (Å²) in [7, 11) is -8.45. The van der Waals surface area contributed by atoms with Crippen molar-refractivity contribution in [1.29, 1.82) is 0 Å². The first-order chi connectivity index (χ1) is 20.1. The number of nitrogens with one attached hydrogen (secondary N) is 2. The molecule has 8 nitrogen and oxygen atoms in total. The summed E-state index contributed by atoms with van der Waals surface area (Å²) in [6.07, 6.45) is -4.78. The van der Waals surface area contributed by atoms with Crippen molar-refractivity contribution >= 4 is 54.6 Å². The number of aryl methyl sites for hydroxylation is 2. The van der Waals surface area contributed by atoms with Crippen LogP contribution in [0.3, 0.4) is 0 Å². The zero-order valence-corrected chi connectivity index (χ0v) is 25.1. The van der Waals surface area contributed by atoms with Crippen molar-refractivity contribution < 1.29 is 34.8 Å². The maximum absolute atomic E-state index is 13.5. The Balaban J connectivity index is 1.52. The zero-order valence-electron chi connectivity index (χ0n) is 22.7. The molecule has 0 radical (unpaired) electrons. The molecule has 2 N–H and O–H groups in total. The van der Waals surface area contributed by atoms with Gasteiger partial charge in [-0.05, 0) is 86.1 Å². The molecular weight excluding hydrogens is 627 g/mol. The van der Waals surface area contributed by atoms with Gasteiger partial charge in [-0.15, -0.1) is 0 Å². The van der Waals surface area contributed by atoms with Crippen LogP contribution in [0.2, 0.25) is 5.02 Å².